The van der Waals surface area contributed by atoms with Gasteiger partial charge in [0.05, 0.1) is 0 Å². The molecular weight excluding hydrogens is 260 g/mol. The summed E-state index contributed by atoms with van der Waals surface area (Å²) in [5.74, 6) is 0.326. The molecule has 1 saturated carbocycles. The van der Waals surface area contributed by atoms with Crippen LogP contribution in [0.3, 0.4) is 0 Å². The summed E-state index contributed by atoms with van der Waals surface area (Å²) < 4.78 is 0. The Hall–Kier alpha value is -1.35. The third-order valence-corrected chi connectivity index (χ3v) is 5.83. The SMILES string of the molecule is CN1CC2(CCC(c3ccccc3)(N(C)C)CC2)CC1=O. The van der Waals surface area contributed by atoms with Gasteiger partial charge in [0.2, 0.25) is 5.91 Å². The zero-order valence-electron chi connectivity index (χ0n) is 13.4. The number of benzene rings is 1. The molecule has 1 aliphatic heterocycles. The third-order valence-electron chi connectivity index (χ3n) is 5.83. The molecule has 2 fully saturated rings. The molecule has 0 N–H and O–H groups in total. The quantitative estimate of drug-likeness (QED) is 0.834. The van der Waals surface area contributed by atoms with Crippen molar-refractivity contribution in [2.24, 2.45) is 5.41 Å². The maximum Gasteiger partial charge on any atom is 0.222 e. The Kier molecular flexibility index (Phi) is 3.56. The van der Waals surface area contributed by atoms with Gasteiger partial charge < -0.3 is 4.90 Å². The topological polar surface area (TPSA) is 23.6 Å². The van der Waals surface area contributed by atoms with Crippen molar-refractivity contribution in [2.75, 3.05) is 27.7 Å². The molecule has 1 aromatic carbocycles. The van der Waals surface area contributed by atoms with Gasteiger partial charge in [0, 0.05) is 25.6 Å². The van der Waals surface area contributed by atoms with Crippen molar-refractivity contribution in [1.82, 2.24) is 9.80 Å². The normalized spacial score (nSPS) is 33.1. The standard InChI is InChI=1S/C18H26N2O/c1-19(2)18(15-7-5-4-6-8-15)11-9-17(10-12-18)13-16(21)20(3)14-17/h4-8H,9-14H2,1-3H3. The van der Waals surface area contributed by atoms with Gasteiger partial charge in [0.25, 0.3) is 0 Å². The number of hydrogen-bond acceptors (Lipinski definition) is 2. The van der Waals surface area contributed by atoms with E-state index >= 15 is 0 Å². The highest BCUT2D eigenvalue weighted by Crippen LogP contribution is 2.51. The second-order valence-corrected chi connectivity index (χ2v) is 7.22. The van der Waals surface area contributed by atoms with Crippen molar-refractivity contribution in [1.29, 1.82) is 0 Å². The summed E-state index contributed by atoms with van der Waals surface area (Å²) in [6.45, 7) is 0.949. The van der Waals surface area contributed by atoms with E-state index in [-0.39, 0.29) is 11.0 Å². The van der Waals surface area contributed by atoms with Gasteiger partial charge >= 0.3 is 0 Å². The first-order valence-corrected chi connectivity index (χ1v) is 7.94. The fourth-order valence-electron chi connectivity index (χ4n) is 4.37. The molecule has 1 heterocycles. The molecule has 114 valence electrons. The third kappa shape index (κ3) is 2.38. The van der Waals surface area contributed by atoms with Gasteiger partial charge in [0.15, 0.2) is 0 Å². The molecule has 0 aromatic heterocycles. The van der Waals surface area contributed by atoms with Crippen LogP contribution in [0.15, 0.2) is 30.3 Å². The molecule has 0 unspecified atom stereocenters. The Labute approximate surface area is 127 Å². The largest absolute Gasteiger partial charge is 0.345 e. The van der Waals surface area contributed by atoms with Crippen molar-refractivity contribution in [3.05, 3.63) is 35.9 Å². The van der Waals surface area contributed by atoms with E-state index < -0.39 is 0 Å². The van der Waals surface area contributed by atoms with E-state index in [1.165, 1.54) is 5.56 Å². The van der Waals surface area contributed by atoms with E-state index in [2.05, 4.69) is 49.3 Å². The molecule has 0 atom stereocenters. The Morgan fingerprint density at radius 2 is 1.67 bits per heavy atom. The maximum absolute atomic E-state index is 11.9. The van der Waals surface area contributed by atoms with Crippen molar-refractivity contribution in [2.45, 2.75) is 37.6 Å². The second-order valence-electron chi connectivity index (χ2n) is 7.22. The van der Waals surface area contributed by atoms with Gasteiger partial charge in [-0.15, -0.1) is 0 Å². The number of nitrogens with zero attached hydrogens (tertiary/aromatic N) is 2. The molecule has 1 saturated heterocycles. The first-order chi connectivity index (χ1) is 9.97. The number of likely N-dealkylation sites (tertiary alicyclic amines) is 1. The Bertz CT molecular complexity index is 515. The molecule has 1 aliphatic carbocycles. The number of carbonyl (C=O) groups excluding carboxylic acids is 1. The average molecular weight is 286 g/mol. The van der Waals surface area contributed by atoms with Crippen LogP contribution >= 0.6 is 0 Å². The second kappa shape index (κ2) is 5.13. The first-order valence-electron chi connectivity index (χ1n) is 7.94. The molecule has 21 heavy (non-hydrogen) atoms. The summed E-state index contributed by atoms with van der Waals surface area (Å²) in [6.07, 6.45) is 5.34. The summed E-state index contributed by atoms with van der Waals surface area (Å²) in [4.78, 5) is 16.2. The van der Waals surface area contributed by atoms with Crippen LogP contribution in [0.2, 0.25) is 0 Å². The van der Waals surface area contributed by atoms with E-state index in [4.69, 9.17) is 0 Å². The van der Waals surface area contributed by atoms with E-state index in [0.29, 0.717) is 5.91 Å². The zero-order valence-corrected chi connectivity index (χ0v) is 13.4. The summed E-state index contributed by atoms with van der Waals surface area (Å²) in [5.41, 5.74) is 1.79. The van der Waals surface area contributed by atoms with Crippen molar-refractivity contribution in [3.63, 3.8) is 0 Å². The van der Waals surface area contributed by atoms with Gasteiger partial charge in [-0.25, -0.2) is 0 Å². The molecular formula is C18H26N2O. The minimum Gasteiger partial charge on any atom is -0.345 e. The highest BCUT2D eigenvalue weighted by atomic mass is 16.2. The van der Waals surface area contributed by atoms with Crippen LogP contribution in [0.4, 0.5) is 0 Å². The molecule has 0 bridgehead atoms. The maximum atomic E-state index is 11.9. The number of rotatable bonds is 2. The lowest BCUT2D eigenvalue weighted by atomic mass is 9.64. The van der Waals surface area contributed by atoms with Gasteiger partial charge in [-0.2, -0.15) is 0 Å². The monoisotopic (exact) mass is 286 g/mol. The van der Waals surface area contributed by atoms with Crippen LogP contribution in [-0.4, -0.2) is 43.4 Å². The molecule has 3 nitrogen and oxygen atoms in total. The summed E-state index contributed by atoms with van der Waals surface area (Å²) in [7, 11) is 6.33. The van der Waals surface area contributed by atoms with Gasteiger partial charge in [-0.05, 0) is 50.8 Å². The van der Waals surface area contributed by atoms with Crippen LogP contribution in [0, 0.1) is 5.41 Å². The van der Waals surface area contributed by atoms with Crippen LogP contribution in [-0.2, 0) is 10.3 Å². The number of carbonyl (C=O) groups is 1. The smallest absolute Gasteiger partial charge is 0.222 e. The molecule has 0 radical (unpaired) electrons. The van der Waals surface area contributed by atoms with Crippen LogP contribution in [0.1, 0.15) is 37.7 Å². The lowest BCUT2D eigenvalue weighted by Crippen LogP contribution is -2.47. The molecule has 3 rings (SSSR count). The molecule has 1 spiro atoms. The van der Waals surface area contributed by atoms with E-state index in [0.717, 1.165) is 38.6 Å². The van der Waals surface area contributed by atoms with Gasteiger partial charge in [-0.1, -0.05) is 30.3 Å². The minimum absolute atomic E-state index is 0.136. The Morgan fingerprint density at radius 3 is 2.14 bits per heavy atom. The van der Waals surface area contributed by atoms with Crippen molar-refractivity contribution in [3.8, 4) is 0 Å². The van der Waals surface area contributed by atoms with E-state index in [1.54, 1.807) is 0 Å². The predicted molar refractivity (Wildman–Crippen MR) is 85.0 cm³/mol. The highest BCUT2D eigenvalue weighted by Gasteiger charge is 2.49. The van der Waals surface area contributed by atoms with Crippen LogP contribution < -0.4 is 0 Å². The predicted octanol–water partition coefficient (Wildman–Crippen LogP) is 2.87. The summed E-state index contributed by atoms with van der Waals surface area (Å²) >= 11 is 0. The summed E-state index contributed by atoms with van der Waals surface area (Å²) in [5, 5.41) is 0. The fraction of sp³-hybridized carbons (Fsp3) is 0.611. The summed E-state index contributed by atoms with van der Waals surface area (Å²) in [6, 6.07) is 10.9. The van der Waals surface area contributed by atoms with Crippen LogP contribution in [0.25, 0.3) is 0 Å². The Balaban J connectivity index is 1.83. The first kappa shape index (κ1) is 14.6. The molecule has 2 aliphatic rings. The van der Waals surface area contributed by atoms with Gasteiger partial charge in [0.1, 0.15) is 0 Å². The molecule has 1 aromatic rings. The van der Waals surface area contributed by atoms with Gasteiger partial charge in [-0.3, -0.25) is 9.69 Å². The fourth-order valence-corrected chi connectivity index (χ4v) is 4.37. The Morgan fingerprint density at radius 1 is 1.05 bits per heavy atom. The van der Waals surface area contributed by atoms with E-state index in [9.17, 15) is 4.79 Å². The minimum atomic E-state index is 0.136. The number of hydrogen-bond donors (Lipinski definition) is 0. The van der Waals surface area contributed by atoms with E-state index in [1.807, 2.05) is 11.9 Å². The average Bonchev–Trinajstić information content (AvgIpc) is 2.75. The van der Waals surface area contributed by atoms with Crippen molar-refractivity contribution >= 4 is 5.91 Å². The lowest BCUT2D eigenvalue weighted by molar-refractivity contribution is -0.126. The number of amides is 1. The van der Waals surface area contributed by atoms with Crippen LogP contribution in [0.5, 0.6) is 0 Å². The van der Waals surface area contributed by atoms with Crippen molar-refractivity contribution < 1.29 is 4.79 Å². The molecule has 1 amide bonds. The molecule has 3 heteroatoms. The zero-order chi connectivity index (χ0) is 15.1. The highest BCUT2D eigenvalue weighted by molar-refractivity contribution is 5.79. The lowest BCUT2D eigenvalue weighted by Gasteiger charge is -2.48.